The first-order valence-electron chi connectivity index (χ1n) is 7.57. The van der Waals surface area contributed by atoms with Gasteiger partial charge < -0.3 is 5.11 Å². The summed E-state index contributed by atoms with van der Waals surface area (Å²) >= 11 is 5.98. The number of aromatic nitrogens is 3. The Hall–Kier alpha value is -3.18. The summed E-state index contributed by atoms with van der Waals surface area (Å²) in [5, 5.41) is 14.3. The van der Waals surface area contributed by atoms with Crippen molar-refractivity contribution in [3.63, 3.8) is 0 Å². The van der Waals surface area contributed by atoms with Gasteiger partial charge in [0, 0.05) is 16.1 Å². The Morgan fingerprint density at radius 2 is 1.72 bits per heavy atom. The molecule has 0 saturated carbocycles. The second-order valence-corrected chi connectivity index (χ2v) is 5.93. The molecule has 122 valence electrons. The van der Waals surface area contributed by atoms with Crippen molar-refractivity contribution in [3.05, 3.63) is 77.4 Å². The molecule has 2 aromatic carbocycles. The molecule has 4 aromatic rings. The summed E-state index contributed by atoms with van der Waals surface area (Å²) in [4.78, 5) is 16.0. The fourth-order valence-corrected chi connectivity index (χ4v) is 2.82. The molecular formula is C19H12ClN3O2. The molecule has 5 nitrogen and oxygen atoms in total. The molecule has 2 aromatic heterocycles. The summed E-state index contributed by atoms with van der Waals surface area (Å²) in [6, 6.07) is 18.8. The average Bonchev–Trinajstić information content (AvgIpc) is 3.07. The third-order valence-corrected chi connectivity index (χ3v) is 4.16. The number of carboxylic acids is 1. The Labute approximate surface area is 148 Å². The zero-order chi connectivity index (χ0) is 17.4. The predicted octanol–water partition coefficient (Wildman–Crippen LogP) is 4.41. The van der Waals surface area contributed by atoms with E-state index in [0.717, 1.165) is 16.8 Å². The number of rotatable bonds is 3. The van der Waals surface area contributed by atoms with E-state index in [2.05, 4.69) is 10.1 Å². The van der Waals surface area contributed by atoms with Gasteiger partial charge in [-0.25, -0.2) is 14.3 Å². The van der Waals surface area contributed by atoms with Crippen molar-refractivity contribution in [2.75, 3.05) is 0 Å². The van der Waals surface area contributed by atoms with Gasteiger partial charge in [-0.05, 0) is 18.2 Å². The highest BCUT2D eigenvalue weighted by Crippen LogP contribution is 2.28. The Bertz CT molecular complexity index is 1070. The minimum Gasteiger partial charge on any atom is -0.477 e. The number of carbonyl (C=O) groups is 1. The van der Waals surface area contributed by atoms with Crippen LogP contribution in [0, 0.1) is 0 Å². The first-order valence-corrected chi connectivity index (χ1v) is 7.95. The Kier molecular flexibility index (Phi) is 3.71. The van der Waals surface area contributed by atoms with E-state index in [1.807, 2.05) is 48.5 Å². The van der Waals surface area contributed by atoms with Crippen molar-refractivity contribution >= 4 is 23.2 Å². The van der Waals surface area contributed by atoms with Gasteiger partial charge in [0.05, 0.1) is 17.6 Å². The second kappa shape index (κ2) is 6.03. The Morgan fingerprint density at radius 3 is 2.40 bits per heavy atom. The van der Waals surface area contributed by atoms with E-state index in [0.29, 0.717) is 16.4 Å². The maximum atomic E-state index is 11.5. The summed E-state index contributed by atoms with van der Waals surface area (Å²) in [6.07, 6.45) is 1.32. The molecule has 2 heterocycles. The summed E-state index contributed by atoms with van der Waals surface area (Å²) < 4.78 is 1.54. The van der Waals surface area contributed by atoms with Crippen LogP contribution in [0.1, 0.15) is 10.4 Å². The van der Waals surface area contributed by atoms with Gasteiger partial charge in [0.1, 0.15) is 5.56 Å². The van der Waals surface area contributed by atoms with Crippen molar-refractivity contribution in [1.29, 1.82) is 0 Å². The summed E-state index contributed by atoms with van der Waals surface area (Å²) in [6.45, 7) is 0. The zero-order valence-electron chi connectivity index (χ0n) is 12.9. The van der Waals surface area contributed by atoms with Crippen molar-refractivity contribution in [2.24, 2.45) is 0 Å². The molecule has 0 atom stereocenters. The molecule has 4 rings (SSSR count). The molecule has 0 spiro atoms. The SMILES string of the molecule is O=C(O)c1cnn2c(-c3ccc(Cl)cc3)cc(-c3ccccc3)nc12. The molecule has 0 fully saturated rings. The van der Waals surface area contributed by atoms with Crippen LogP contribution in [0.2, 0.25) is 5.02 Å². The second-order valence-electron chi connectivity index (χ2n) is 5.50. The van der Waals surface area contributed by atoms with Gasteiger partial charge in [0.2, 0.25) is 0 Å². The van der Waals surface area contributed by atoms with Gasteiger partial charge in [-0.1, -0.05) is 54.1 Å². The van der Waals surface area contributed by atoms with E-state index in [4.69, 9.17) is 11.6 Å². The van der Waals surface area contributed by atoms with Crippen LogP contribution >= 0.6 is 11.6 Å². The number of halogens is 1. The molecule has 0 aliphatic carbocycles. The molecule has 0 bridgehead atoms. The maximum absolute atomic E-state index is 11.5. The minimum absolute atomic E-state index is 0.0630. The van der Waals surface area contributed by atoms with E-state index in [1.54, 1.807) is 16.6 Å². The van der Waals surface area contributed by atoms with Crippen LogP contribution in [0.3, 0.4) is 0 Å². The van der Waals surface area contributed by atoms with Crippen LogP contribution in [0.15, 0.2) is 66.9 Å². The first-order chi connectivity index (χ1) is 12.1. The standard InChI is InChI=1S/C19H12ClN3O2/c20-14-8-6-13(7-9-14)17-10-16(12-4-2-1-3-5-12)22-18-15(19(24)25)11-21-23(17)18/h1-11H,(H,24,25). The summed E-state index contributed by atoms with van der Waals surface area (Å²) in [5.74, 6) is -1.06. The Morgan fingerprint density at radius 1 is 1.00 bits per heavy atom. The molecule has 1 N–H and O–H groups in total. The van der Waals surface area contributed by atoms with Crippen LogP contribution in [0.4, 0.5) is 0 Å². The lowest BCUT2D eigenvalue weighted by Gasteiger charge is -2.09. The average molecular weight is 350 g/mol. The molecule has 0 aliphatic heterocycles. The highest BCUT2D eigenvalue weighted by Gasteiger charge is 2.17. The lowest BCUT2D eigenvalue weighted by atomic mass is 10.1. The van der Waals surface area contributed by atoms with Crippen LogP contribution in [-0.4, -0.2) is 25.7 Å². The minimum atomic E-state index is -1.06. The predicted molar refractivity (Wildman–Crippen MR) is 95.8 cm³/mol. The van der Waals surface area contributed by atoms with Gasteiger partial charge in [0.25, 0.3) is 0 Å². The first kappa shape index (κ1) is 15.4. The van der Waals surface area contributed by atoms with Crippen molar-refractivity contribution in [3.8, 4) is 22.5 Å². The van der Waals surface area contributed by atoms with Gasteiger partial charge in [-0.2, -0.15) is 5.10 Å². The van der Waals surface area contributed by atoms with E-state index >= 15 is 0 Å². The molecular weight excluding hydrogens is 338 g/mol. The molecule has 6 heteroatoms. The fourth-order valence-electron chi connectivity index (χ4n) is 2.70. The highest BCUT2D eigenvalue weighted by molar-refractivity contribution is 6.30. The smallest absolute Gasteiger partial charge is 0.341 e. The monoisotopic (exact) mass is 349 g/mol. The number of hydrogen-bond donors (Lipinski definition) is 1. The summed E-state index contributed by atoms with van der Waals surface area (Å²) in [7, 11) is 0. The van der Waals surface area contributed by atoms with Gasteiger partial charge >= 0.3 is 5.97 Å². The van der Waals surface area contributed by atoms with Crippen molar-refractivity contribution < 1.29 is 9.90 Å². The number of fused-ring (bicyclic) bond motifs is 1. The van der Waals surface area contributed by atoms with Crippen LogP contribution in [0.5, 0.6) is 0 Å². The largest absolute Gasteiger partial charge is 0.477 e. The molecule has 25 heavy (non-hydrogen) atoms. The topological polar surface area (TPSA) is 67.5 Å². The fraction of sp³-hybridized carbons (Fsp3) is 0. The molecule has 0 amide bonds. The van der Waals surface area contributed by atoms with Gasteiger partial charge in [-0.15, -0.1) is 0 Å². The number of nitrogens with zero attached hydrogens (tertiary/aromatic N) is 3. The van der Waals surface area contributed by atoms with E-state index in [9.17, 15) is 9.90 Å². The number of hydrogen-bond acceptors (Lipinski definition) is 3. The molecule has 0 aliphatic rings. The van der Waals surface area contributed by atoms with Crippen LogP contribution < -0.4 is 0 Å². The highest BCUT2D eigenvalue weighted by atomic mass is 35.5. The van der Waals surface area contributed by atoms with E-state index in [-0.39, 0.29) is 5.56 Å². The van der Waals surface area contributed by atoms with Crippen LogP contribution in [-0.2, 0) is 0 Å². The summed E-state index contributed by atoms with van der Waals surface area (Å²) in [5.41, 5.74) is 3.56. The number of carboxylic acid groups (broad SMARTS) is 1. The quantitative estimate of drug-likeness (QED) is 0.594. The molecule has 0 saturated heterocycles. The van der Waals surface area contributed by atoms with Crippen molar-refractivity contribution in [1.82, 2.24) is 14.6 Å². The Balaban J connectivity index is 2.03. The maximum Gasteiger partial charge on any atom is 0.341 e. The lowest BCUT2D eigenvalue weighted by Crippen LogP contribution is -2.01. The van der Waals surface area contributed by atoms with E-state index in [1.165, 1.54) is 6.20 Å². The van der Waals surface area contributed by atoms with Crippen LogP contribution in [0.25, 0.3) is 28.2 Å². The van der Waals surface area contributed by atoms with Gasteiger partial charge in [0.15, 0.2) is 5.65 Å². The molecule has 0 unspecified atom stereocenters. The number of benzene rings is 2. The molecule has 0 radical (unpaired) electrons. The number of aromatic carboxylic acids is 1. The zero-order valence-corrected chi connectivity index (χ0v) is 13.7. The lowest BCUT2D eigenvalue weighted by molar-refractivity contribution is 0.0699. The van der Waals surface area contributed by atoms with E-state index < -0.39 is 5.97 Å². The normalized spacial score (nSPS) is 10.9. The third kappa shape index (κ3) is 2.75. The van der Waals surface area contributed by atoms with Gasteiger partial charge in [-0.3, -0.25) is 0 Å². The third-order valence-electron chi connectivity index (χ3n) is 3.91. The van der Waals surface area contributed by atoms with Crippen molar-refractivity contribution in [2.45, 2.75) is 0 Å².